The number of hydrogen-bond donors (Lipinski definition) is 1. The van der Waals surface area contributed by atoms with E-state index in [0.29, 0.717) is 6.10 Å². The van der Waals surface area contributed by atoms with Crippen LogP contribution in [0.25, 0.3) is 0 Å². The van der Waals surface area contributed by atoms with Crippen molar-refractivity contribution in [3.05, 3.63) is 0 Å². The van der Waals surface area contributed by atoms with E-state index in [4.69, 9.17) is 4.74 Å². The van der Waals surface area contributed by atoms with E-state index in [2.05, 4.69) is 5.32 Å². The van der Waals surface area contributed by atoms with Gasteiger partial charge in [0.15, 0.2) is 0 Å². The average Bonchev–Trinajstić information content (AvgIpc) is 2.19. The molecule has 1 heterocycles. The van der Waals surface area contributed by atoms with Crippen molar-refractivity contribution in [3.8, 4) is 0 Å². The normalized spacial score (nSPS) is 41.7. The maximum Gasteiger partial charge on any atom is 0.0651 e. The second-order valence-electron chi connectivity index (χ2n) is 3.46. The Morgan fingerprint density at radius 1 is 1.18 bits per heavy atom. The minimum absolute atomic E-state index is 0. The second-order valence-corrected chi connectivity index (χ2v) is 3.46. The molecule has 11 heavy (non-hydrogen) atoms. The largest absolute Gasteiger partial charge is 0.381 e. The summed E-state index contributed by atoms with van der Waals surface area (Å²) in [7, 11) is 1.85. The zero-order valence-corrected chi connectivity index (χ0v) is 7.69. The summed E-state index contributed by atoms with van der Waals surface area (Å²) in [6, 6.07) is 0. The fourth-order valence-electron chi connectivity index (χ4n) is 2.42. The van der Waals surface area contributed by atoms with Crippen LogP contribution in [0.5, 0.6) is 0 Å². The van der Waals surface area contributed by atoms with E-state index in [1.807, 2.05) is 7.11 Å². The topological polar surface area (TPSA) is 21.3 Å². The third kappa shape index (κ3) is 1.53. The standard InChI is InChI=1S/C8H15NO.ClH/c1-10-8-6-2-3-7(8)5-9-4-6;/h6-9H,2-5H2,1H3;1H. The quantitative estimate of drug-likeness (QED) is 0.647. The number of nitrogens with one attached hydrogen (secondary N) is 1. The van der Waals surface area contributed by atoms with Crippen LogP contribution in [0, 0.1) is 11.8 Å². The second kappa shape index (κ2) is 3.74. The molecule has 1 N–H and O–H groups in total. The Bertz CT molecular complexity index is 115. The number of ether oxygens (including phenoxy) is 1. The number of rotatable bonds is 1. The van der Waals surface area contributed by atoms with Crippen LogP contribution < -0.4 is 5.32 Å². The Morgan fingerprint density at radius 3 is 2.09 bits per heavy atom. The van der Waals surface area contributed by atoms with Crippen molar-refractivity contribution < 1.29 is 4.74 Å². The van der Waals surface area contributed by atoms with Crippen LogP contribution in [0.2, 0.25) is 0 Å². The van der Waals surface area contributed by atoms with E-state index in [1.54, 1.807) is 0 Å². The van der Waals surface area contributed by atoms with Crippen molar-refractivity contribution in [3.63, 3.8) is 0 Å². The van der Waals surface area contributed by atoms with Gasteiger partial charge in [0.1, 0.15) is 0 Å². The highest BCUT2D eigenvalue weighted by molar-refractivity contribution is 5.85. The molecule has 0 radical (unpaired) electrons. The lowest BCUT2D eigenvalue weighted by Gasteiger charge is -2.29. The van der Waals surface area contributed by atoms with Crippen LogP contribution >= 0.6 is 12.4 Å². The van der Waals surface area contributed by atoms with Gasteiger partial charge in [0, 0.05) is 20.2 Å². The van der Waals surface area contributed by atoms with E-state index in [1.165, 1.54) is 25.9 Å². The molecule has 2 unspecified atom stereocenters. The molecular weight excluding hydrogens is 162 g/mol. The molecule has 0 aromatic rings. The van der Waals surface area contributed by atoms with Gasteiger partial charge in [0.2, 0.25) is 0 Å². The molecule has 1 saturated heterocycles. The molecule has 2 aliphatic rings. The molecule has 0 spiro atoms. The molecule has 2 bridgehead atoms. The third-order valence-corrected chi connectivity index (χ3v) is 2.92. The molecule has 1 saturated carbocycles. The predicted octanol–water partition coefficient (Wildman–Crippen LogP) is 1.05. The van der Waals surface area contributed by atoms with E-state index < -0.39 is 0 Å². The fraction of sp³-hybridized carbons (Fsp3) is 1.00. The minimum atomic E-state index is 0. The monoisotopic (exact) mass is 177 g/mol. The lowest BCUT2D eigenvalue weighted by atomic mass is 9.97. The molecule has 3 heteroatoms. The highest BCUT2D eigenvalue weighted by atomic mass is 35.5. The van der Waals surface area contributed by atoms with Crippen molar-refractivity contribution in [2.45, 2.75) is 18.9 Å². The van der Waals surface area contributed by atoms with Gasteiger partial charge in [-0.05, 0) is 24.7 Å². The highest BCUT2D eigenvalue weighted by Gasteiger charge is 2.38. The number of piperidine rings is 1. The maximum atomic E-state index is 5.44. The molecule has 1 aliphatic carbocycles. The van der Waals surface area contributed by atoms with E-state index in [0.717, 1.165) is 11.8 Å². The van der Waals surface area contributed by atoms with Crippen LogP contribution in [0.3, 0.4) is 0 Å². The Hall–Kier alpha value is 0.210. The minimum Gasteiger partial charge on any atom is -0.381 e. The van der Waals surface area contributed by atoms with Gasteiger partial charge < -0.3 is 10.1 Å². The van der Waals surface area contributed by atoms with Crippen LogP contribution in [0.15, 0.2) is 0 Å². The molecule has 0 amide bonds. The average molecular weight is 178 g/mol. The van der Waals surface area contributed by atoms with Crippen LogP contribution in [0.4, 0.5) is 0 Å². The predicted molar refractivity (Wildman–Crippen MR) is 47.1 cm³/mol. The summed E-state index contributed by atoms with van der Waals surface area (Å²) in [6.07, 6.45) is 3.31. The molecular formula is C8H16ClNO. The van der Waals surface area contributed by atoms with Gasteiger partial charge in [-0.3, -0.25) is 0 Å². The number of hydrogen-bond acceptors (Lipinski definition) is 2. The van der Waals surface area contributed by atoms with Crippen molar-refractivity contribution >= 4 is 12.4 Å². The number of methoxy groups -OCH3 is 1. The summed E-state index contributed by atoms with van der Waals surface area (Å²) in [6.45, 7) is 2.35. The van der Waals surface area contributed by atoms with Crippen LogP contribution in [-0.2, 0) is 4.74 Å². The summed E-state index contributed by atoms with van der Waals surface area (Å²) < 4.78 is 5.44. The first-order chi connectivity index (χ1) is 4.92. The molecule has 1 aliphatic heterocycles. The summed E-state index contributed by atoms with van der Waals surface area (Å²) in [5, 5.41) is 3.43. The molecule has 66 valence electrons. The molecule has 2 nitrogen and oxygen atoms in total. The molecule has 0 aromatic carbocycles. The first kappa shape index (κ1) is 9.30. The van der Waals surface area contributed by atoms with Crippen molar-refractivity contribution in [2.24, 2.45) is 11.8 Å². The SMILES string of the molecule is COC1C2CCC1CNC2.Cl. The molecule has 0 aromatic heterocycles. The zero-order valence-electron chi connectivity index (χ0n) is 6.88. The van der Waals surface area contributed by atoms with Crippen molar-refractivity contribution in [1.29, 1.82) is 0 Å². The van der Waals surface area contributed by atoms with Gasteiger partial charge in [0.25, 0.3) is 0 Å². The fourth-order valence-corrected chi connectivity index (χ4v) is 2.42. The first-order valence-electron chi connectivity index (χ1n) is 4.15. The number of fused-ring (bicyclic) bond motifs is 2. The third-order valence-electron chi connectivity index (χ3n) is 2.92. The van der Waals surface area contributed by atoms with E-state index in [-0.39, 0.29) is 12.4 Å². The lowest BCUT2D eigenvalue weighted by Crippen LogP contribution is -2.42. The van der Waals surface area contributed by atoms with Gasteiger partial charge in [0.05, 0.1) is 6.10 Å². The van der Waals surface area contributed by atoms with Gasteiger partial charge >= 0.3 is 0 Å². The lowest BCUT2D eigenvalue weighted by molar-refractivity contribution is 0.0227. The summed E-state index contributed by atoms with van der Waals surface area (Å²) in [5.74, 6) is 1.62. The van der Waals surface area contributed by atoms with Crippen LogP contribution in [-0.4, -0.2) is 26.3 Å². The van der Waals surface area contributed by atoms with Crippen molar-refractivity contribution in [1.82, 2.24) is 5.32 Å². The van der Waals surface area contributed by atoms with Gasteiger partial charge in [-0.15, -0.1) is 12.4 Å². The Kier molecular flexibility index (Phi) is 3.16. The van der Waals surface area contributed by atoms with Gasteiger partial charge in [-0.25, -0.2) is 0 Å². The van der Waals surface area contributed by atoms with Crippen molar-refractivity contribution in [2.75, 3.05) is 20.2 Å². The van der Waals surface area contributed by atoms with Gasteiger partial charge in [-0.2, -0.15) is 0 Å². The summed E-state index contributed by atoms with van der Waals surface area (Å²) >= 11 is 0. The smallest absolute Gasteiger partial charge is 0.0651 e. The highest BCUT2D eigenvalue weighted by Crippen LogP contribution is 2.35. The summed E-state index contributed by atoms with van der Waals surface area (Å²) in [5.41, 5.74) is 0. The number of halogens is 1. The van der Waals surface area contributed by atoms with Crippen LogP contribution in [0.1, 0.15) is 12.8 Å². The zero-order chi connectivity index (χ0) is 6.97. The summed E-state index contributed by atoms with van der Waals surface area (Å²) in [4.78, 5) is 0. The Morgan fingerprint density at radius 2 is 1.73 bits per heavy atom. The van der Waals surface area contributed by atoms with E-state index >= 15 is 0 Å². The molecule has 2 atom stereocenters. The molecule has 2 fully saturated rings. The Labute approximate surface area is 74.1 Å². The van der Waals surface area contributed by atoms with Gasteiger partial charge in [-0.1, -0.05) is 0 Å². The Balaban J connectivity index is 0.000000605. The maximum absolute atomic E-state index is 5.44. The molecule has 2 rings (SSSR count). The first-order valence-corrected chi connectivity index (χ1v) is 4.15. The van der Waals surface area contributed by atoms with E-state index in [9.17, 15) is 0 Å².